The second-order valence-corrected chi connectivity index (χ2v) is 8.50. The van der Waals surface area contributed by atoms with Gasteiger partial charge in [0.15, 0.2) is 9.84 Å². The molecule has 0 aliphatic carbocycles. The highest BCUT2D eigenvalue weighted by Crippen LogP contribution is 2.12. The van der Waals surface area contributed by atoms with E-state index in [1.807, 2.05) is 31.2 Å². The molecule has 0 bridgehead atoms. The number of hydrogen-bond acceptors (Lipinski definition) is 4. The molecule has 1 aromatic rings. The molecular weight excluding hydrogens is 311 g/mol. The van der Waals surface area contributed by atoms with Crippen molar-refractivity contribution in [2.24, 2.45) is 0 Å². The molecular formula is C16H23BN2O3S. The van der Waals surface area contributed by atoms with Crippen LogP contribution in [0.25, 0.3) is 0 Å². The molecule has 2 rings (SSSR count). The van der Waals surface area contributed by atoms with Crippen LogP contribution >= 0.6 is 0 Å². The van der Waals surface area contributed by atoms with E-state index in [2.05, 4.69) is 10.6 Å². The van der Waals surface area contributed by atoms with Gasteiger partial charge in [0, 0.05) is 19.5 Å². The lowest BCUT2D eigenvalue weighted by Gasteiger charge is -2.23. The number of carbonyl (C=O) groups excluding carboxylic acids is 1. The number of amides is 1. The largest absolute Gasteiger partial charge is 0.362 e. The molecule has 1 fully saturated rings. The van der Waals surface area contributed by atoms with Crippen LogP contribution in [-0.4, -0.2) is 52.2 Å². The first-order chi connectivity index (χ1) is 10.9. The molecule has 1 aliphatic rings. The van der Waals surface area contributed by atoms with Gasteiger partial charge in [-0.05, 0) is 31.3 Å². The molecule has 1 amide bonds. The average molecular weight is 334 g/mol. The Balaban J connectivity index is 1.76. The summed E-state index contributed by atoms with van der Waals surface area (Å²) in [6, 6.07) is 7.98. The summed E-state index contributed by atoms with van der Waals surface area (Å²) in [7, 11) is 2.87. The fraction of sp³-hybridized carbons (Fsp3) is 0.562. The van der Waals surface area contributed by atoms with Gasteiger partial charge in [-0.25, -0.2) is 8.42 Å². The zero-order valence-electron chi connectivity index (χ0n) is 13.4. The number of benzene rings is 1. The molecule has 0 aromatic heterocycles. The van der Waals surface area contributed by atoms with E-state index in [-0.39, 0.29) is 18.1 Å². The minimum absolute atomic E-state index is 0.145. The van der Waals surface area contributed by atoms with E-state index < -0.39 is 21.0 Å². The van der Waals surface area contributed by atoms with Crippen molar-refractivity contribution in [3.8, 4) is 0 Å². The van der Waals surface area contributed by atoms with Gasteiger partial charge in [-0.3, -0.25) is 4.79 Å². The number of aryl methyl sites for hydroxylation is 1. The third kappa shape index (κ3) is 5.66. The number of sulfone groups is 1. The molecule has 1 aliphatic heterocycles. The highest BCUT2D eigenvalue weighted by Gasteiger charge is 2.28. The average Bonchev–Trinajstić information content (AvgIpc) is 2.48. The maximum Gasteiger partial charge on any atom is 0.219 e. The minimum atomic E-state index is -3.07. The zero-order chi connectivity index (χ0) is 16.9. The molecule has 2 radical (unpaired) electrons. The molecule has 1 unspecified atom stereocenters. The number of carbonyl (C=O) groups is 1. The van der Waals surface area contributed by atoms with E-state index in [0.717, 1.165) is 5.56 Å². The van der Waals surface area contributed by atoms with Crippen molar-refractivity contribution in [1.82, 2.24) is 10.6 Å². The van der Waals surface area contributed by atoms with Crippen LogP contribution in [0.1, 0.15) is 24.0 Å². The van der Waals surface area contributed by atoms with Crippen LogP contribution in [0.15, 0.2) is 24.3 Å². The Kier molecular flexibility index (Phi) is 6.24. The van der Waals surface area contributed by atoms with Crippen LogP contribution in [0, 0.1) is 6.92 Å². The van der Waals surface area contributed by atoms with E-state index >= 15 is 0 Å². The van der Waals surface area contributed by atoms with Gasteiger partial charge in [0.1, 0.15) is 0 Å². The fourth-order valence-electron chi connectivity index (χ4n) is 2.65. The lowest BCUT2D eigenvalue weighted by atomic mass is 9.89. The third-order valence-electron chi connectivity index (χ3n) is 4.06. The fourth-order valence-corrected chi connectivity index (χ4v) is 4.26. The quantitative estimate of drug-likeness (QED) is 0.735. The molecule has 1 saturated heterocycles. The SMILES string of the molecule is [B][C@H](Cc1ccc(C)cc1)NC(=O)CCC1CNCCS1(=O)=O. The summed E-state index contributed by atoms with van der Waals surface area (Å²) >= 11 is 0. The molecule has 1 aromatic carbocycles. The third-order valence-corrected chi connectivity index (χ3v) is 6.25. The van der Waals surface area contributed by atoms with Crippen molar-refractivity contribution < 1.29 is 13.2 Å². The van der Waals surface area contributed by atoms with Crippen molar-refractivity contribution in [2.75, 3.05) is 18.8 Å². The van der Waals surface area contributed by atoms with Gasteiger partial charge in [-0.15, -0.1) is 0 Å². The second-order valence-electron chi connectivity index (χ2n) is 6.10. The maximum absolute atomic E-state index is 11.9. The first-order valence-corrected chi connectivity index (χ1v) is 9.61. The molecule has 2 N–H and O–H groups in total. The zero-order valence-corrected chi connectivity index (χ0v) is 14.2. The molecule has 1 heterocycles. The summed E-state index contributed by atoms with van der Waals surface area (Å²) < 4.78 is 23.8. The van der Waals surface area contributed by atoms with Gasteiger partial charge in [-0.2, -0.15) is 0 Å². The lowest BCUT2D eigenvalue weighted by molar-refractivity contribution is -0.121. The standard InChI is InChI=1S/C16H23BN2O3S/c1-12-2-4-13(5-3-12)10-15(17)19-16(20)7-6-14-11-18-8-9-23(14,21)22/h2-5,14-15,18H,6-11H2,1H3,(H,19,20)/t14?,15-/m0/s1. The van der Waals surface area contributed by atoms with Crippen LogP contribution in [0.2, 0.25) is 0 Å². The van der Waals surface area contributed by atoms with Gasteiger partial charge in [-0.1, -0.05) is 29.8 Å². The summed E-state index contributed by atoms with van der Waals surface area (Å²) in [5.41, 5.74) is 2.23. The predicted octanol–water partition coefficient (Wildman–Crippen LogP) is 0.315. The molecule has 5 nitrogen and oxygen atoms in total. The summed E-state index contributed by atoms with van der Waals surface area (Å²) in [4.78, 5) is 11.9. The molecule has 23 heavy (non-hydrogen) atoms. The minimum Gasteiger partial charge on any atom is -0.362 e. The Labute approximate surface area is 139 Å². The Morgan fingerprint density at radius 2 is 2.09 bits per heavy atom. The molecule has 0 spiro atoms. The number of hydrogen-bond donors (Lipinski definition) is 2. The van der Waals surface area contributed by atoms with Crippen molar-refractivity contribution in [3.63, 3.8) is 0 Å². The Morgan fingerprint density at radius 3 is 2.74 bits per heavy atom. The van der Waals surface area contributed by atoms with Crippen molar-refractivity contribution >= 4 is 23.6 Å². The van der Waals surface area contributed by atoms with Crippen LogP contribution < -0.4 is 10.6 Å². The monoisotopic (exact) mass is 334 g/mol. The lowest BCUT2D eigenvalue weighted by Crippen LogP contribution is -2.44. The van der Waals surface area contributed by atoms with Crippen LogP contribution in [0.3, 0.4) is 0 Å². The Hall–Kier alpha value is -1.34. The van der Waals surface area contributed by atoms with E-state index in [4.69, 9.17) is 7.85 Å². The highest BCUT2D eigenvalue weighted by atomic mass is 32.2. The van der Waals surface area contributed by atoms with Crippen LogP contribution in [0.4, 0.5) is 0 Å². The first-order valence-electron chi connectivity index (χ1n) is 7.89. The van der Waals surface area contributed by atoms with E-state index in [1.54, 1.807) is 0 Å². The van der Waals surface area contributed by atoms with Gasteiger partial charge >= 0.3 is 0 Å². The summed E-state index contributed by atoms with van der Waals surface area (Å²) in [5, 5.41) is 5.31. The summed E-state index contributed by atoms with van der Waals surface area (Å²) in [6.07, 6.45) is 1.06. The topological polar surface area (TPSA) is 75.3 Å². The van der Waals surface area contributed by atoms with Crippen LogP contribution in [0.5, 0.6) is 0 Å². The van der Waals surface area contributed by atoms with Crippen molar-refractivity contribution in [3.05, 3.63) is 35.4 Å². The van der Waals surface area contributed by atoms with Crippen LogP contribution in [-0.2, 0) is 21.1 Å². The van der Waals surface area contributed by atoms with Crippen molar-refractivity contribution in [1.29, 1.82) is 0 Å². The maximum atomic E-state index is 11.9. The predicted molar refractivity (Wildman–Crippen MR) is 92.2 cm³/mol. The van der Waals surface area contributed by atoms with Gasteiger partial charge in [0.05, 0.1) is 18.8 Å². The van der Waals surface area contributed by atoms with E-state index in [0.29, 0.717) is 25.9 Å². The molecule has 0 saturated carbocycles. The van der Waals surface area contributed by atoms with Gasteiger partial charge in [0.2, 0.25) is 5.91 Å². The molecule has 124 valence electrons. The van der Waals surface area contributed by atoms with E-state index in [1.165, 1.54) is 5.56 Å². The highest BCUT2D eigenvalue weighted by molar-refractivity contribution is 7.92. The Bertz CT molecular complexity index is 631. The number of rotatable bonds is 6. The Morgan fingerprint density at radius 1 is 1.39 bits per heavy atom. The summed E-state index contributed by atoms with van der Waals surface area (Å²) in [6.45, 7) is 2.93. The molecule has 7 heteroatoms. The first kappa shape index (κ1) is 18.0. The molecule has 2 atom stereocenters. The summed E-state index contributed by atoms with van der Waals surface area (Å²) in [5.74, 6) is -0.525. The smallest absolute Gasteiger partial charge is 0.219 e. The van der Waals surface area contributed by atoms with Gasteiger partial charge in [0.25, 0.3) is 0 Å². The normalized spacial score (nSPS) is 21.5. The van der Waals surface area contributed by atoms with E-state index in [9.17, 15) is 13.2 Å². The second kappa shape index (κ2) is 7.97. The number of nitrogens with one attached hydrogen (secondary N) is 2. The van der Waals surface area contributed by atoms with Gasteiger partial charge < -0.3 is 10.6 Å². The van der Waals surface area contributed by atoms with Crippen molar-refractivity contribution in [2.45, 2.75) is 37.4 Å².